The Morgan fingerprint density at radius 2 is 2.33 bits per heavy atom. The van der Waals surface area contributed by atoms with Crippen molar-refractivity contribution in [3.05, 3.63) is 35.8 Å². The van der Waals surface area contributed by atoms with Crippen molar-refractivity contribution in [2.75, 3.05) is 0 Å². The van der Waals surface area contributed by atoms with Gasteiger partial charge in [0.25, 0.3) is 0 Å². The van der Waals surface area contributed by atoms with Crippen molar-refractivity contribution < 1.29 is 0 Å². The van der Waals surface area contributed by atoms with Crippen molar-refractivity contribution in [1.82, 2.24) is 5.32 Å². The number of rotatable bonds is 0. The Morgan fingerprint density at radius 3 is 3.11 bits per heavy atom. The van der Waals surface area contributed by atoms with E-state index in [9.17, 15) is 0 Å². The number of nitrogens with two attached hydrogens (primary N) is 1. The predicted octanol–water partition coefficient (Wildman–Crippen LogP) is 0.850. The highest BCUT2D eigenvalue weighted by Gasteiger charge is 1.88. The van der Waals surface area contributed by atoms with Crippen molar-refractivity contribution >= 4 is 0 Å². The maximum Gasteiger partial charge on any atom is 0.100 e. The van der Waals surface area contributed by atoms with Crippen LogP contribution < -0.4 is 11.1 Å². The van der Waals surface area contributed by atoms with E-state index >= 15 is 0 Å². The van der Waals surface area contributed by atoms with Crippen LogP contribution in [0.2, 0.25) is 0 Å². The molecule has 0 aliphatic carbocycles. The molecule has 0 spiro atoms. The molecule has 9 heavy (non-hydrogen) atoms. The summed E-state index contributed by atoms with van der Waals surface area (Å²) in [5.41, 5.74) is 6.64. The van der Waals surface area contributed by atoms with E-state index < -0.39 is 0 Å². The van der Waals surface area contributed by atoms with Gasteiger partial charge in [0.2, 0.25) is 0 Å². The minimum absolute atomic E-state index is 0.692. The Labute approximate surface area is 54.7 Å². The molecule has 0 fully saturated rings. The topological polar surface area (TPSA) is 38.0 Å². The third-order valence-electron chi connectivity index (χ3n) is 1.09. The summed E-state index contributed by atoms with van der Waals surface area (Å²) < 4.78 is 0. The summed E-state index contributed by atoms with van der Waals surface area (Å²) in [6.07, 6.45) is 7.61. The van der Waals surface area contributed by atoms with Crippen LogP contribution in [0.3, 0.4) is 0 Å². The van der Waals surface area contributed by atoms with Crippen LogP contribution in [0, 0.1) is 0 Å². The molecule has 1 aliphatic heterocycles. The summed E-state index contributed by atoms with van der Waals surface area (Å²) in [6.45, 7) is 2.00. The van der Waals surface area contributed by atoms with Gasteiger partial charge in [-0.25, -0.2) is 0 Å². The van der Waals surface area contributed by atoms with Crippen LogP contribution in [0.5, 0.6) is 0 Å². The van der Waals surface area contributed by atoms with Gasteiger partial charge in [-0.15, -0.1) is 0 Å². The minimum atomic E-state index is 0.692. The van der Waals surface area contributed by atoms with Gasteiger partial charge >= 0.3 is 0 Å². The second-order valence-electron chi connectivity index (χ2n) is 2.01. The Hall–Kier alpha value is -1.18. The molecule has 3 N–H and O–H groups in total. The summed E-state index contributed by atoms with van der Waals surface area (Å²) in [5.74, 6) is 0.692. The van der Waals surface area contributed by atoms with Gasteiger partial charge in [0.1, 0.15) is 5.82 Å². The van der Waals surface area contributed by atoms with Crippen LogP contribution in [0.1, 0.15) is 6.92 Å². The number of allylic oxidation sites excluding steroid dienone is 4. The molecule has 0 amide bonds. The highest BCUT2D eigenvalue weighted by Crippen LogP contribution is 1.99. The van der Waals surface area contributed by atoms with E-state index in [1.54, 1.807) is 0 Å². The molecule has 0 aromatic rings. The Kier molecular flexibility index (Phi) is 1.58. The quantitative estimate of drug-likeness (QED) is 0.500. The molecule has 1 heterocycles. The van der Waals surface area contributed by atoms with Crippen molar-refractivity contribution in [2.45, 2.75) is 6.92 Å². The normalized spacial score (nSPS) is 17.4. The molecule has 0 saturated heterocycles. The molecule has 0 radical (unpaired) electrons. The first-order valence-electron chi connectivity index (χ1n) is 2.86. The molecule has 0 bridgehead atoms. The first-order valence-corrected chi connectivity index (χ1v) is 2.86. The zero-order valence-electron chi connectivity index (χ0n) is 5.39. The molecule has 1 rings (SSSR count). The zero-order chi connectivity index (χ0) is 6.69. The second kappa shape index (κ2) is 2.40. The second-order valence-corrected chi connectivity index (χ2v) is 2.01. The summed E-state index contributed by atoms with van der Waals surface area (Å²) in [6, 6.07) is 0. The first-order chi connectivity index (χ1) is 4.29. The standard InChI is InChI=1S/C7H10N2/c1-6-3-2-4-9-7(8)5-6/h2-5,9H,8H2,1H3. The molecular formula is C7H10N2. The van der Waals surface area contributed by atoms with E-state index in [2.05, 4.69) is 5.32 Å². The largest absolute Gasteiger partial charge is 0.385 e. The van der Waals surface area contributed by atoms with Crippen molar-refractivity contribution in [1.29, 1.82) is 0 Å². The fourth-order valence-electron chi connectivity index (χ4n) is 0.679. The van der Waals surface area contributed by atoms with E-state index in [0.29, 0.717) is 5.82 Å². The van der Waals surface area contributed by atoms with Gasteiger partial charge in [0.05, 0.1) is 0 Å². The molecule has 0 unspecified atom stereocenters. The van der Waals surface area contributed by atoms with Gasteiger partial charge in [0, 0.05) is 6.20 Å². The highest BCUT2D eigenvalue weighted by molar-refractivity contribution is 5.27. The van der Waals surface area contributed by atoms with Crippen molar-refractivity contribution in [2.24, 2.45) is 5.73 Å². The zero-order valence-corrected chi connectivity index (χ0v) is 5.39. The fraction of sp³-hybridized carbons (Fsp3) is 0.143. The molecule has 0 saturated carbocycles. The molecule has 0 aromatic carbocycles. The van der Waals surface area contributed by atoms with Gasteiger partial charge in [-0.3, -0.25) is 0 Å². The molecule has 2 nitrogen and oxygen atoms in total. The highest BCUT2D eigenvalue weighted by atomic mass is 15.0. The summed E-state index contributed by atoms with van der Waals surface area (Å²) in [5, 5.41) is 2.88. The molecule has 0 aromatic heterocycles. The molecular weight excluding hydrogens is 112 g/mol. The fourth-order valence-corrected chi connectivity index (χ4v) is 0.679. The summed E-state index contributed by atoms with van der Waals surface area (Å²) in [4.78, 5) is 0. The van der Waals surface area contributed by atoms with E-state index in [1.807, 2.05) is 31.4 Å². The van der Waals surface area contributed by atoms with E-state index in [4.69, 9.17) is 5.73 Å². The van der Waals surface area contributed by atoms with Crippen LogP contribution in [-0.4, -0.2) is 0 Å². The molecule has 1 aliphatic rings. The third-order valence-corrected chi connectivity index (χ3v) is 1.09. The maximum absolute atomic E-state index is 5.48. The lowest BCUT2D eigenvalue weighted by Gasteiger charge is -1.95. The van der Waals surface area contributed by atoms with Crippen LogP contribution >= 0.6 is 0 Å². The monoisotopic (exact) mass is 122 g/mol. The van der Waals surface area contributed by atoms with Crippen LogP contribution in [0.25, 0.3) is 0 Å². The Morgan fingerprint density at radius 1 is 1.56 bits per heavy atom. The number of nitrogens with one attached hydrogen (secondary N) is 1. The third kappa shape index (κ3) is 1.64. The summed E-state index contributed by atoms with van der Waals surface area (Å²) >= 11 is 0. The lowest BCUT2D eigenvalue weighted by molar-refractivity contribution is 1.03. The van der Waals surface area contributed by atoms with Gasteiger partial charge in [-0.1, -0.05) is 6.08 Å². The van der Waals surface area contributed by atoms with Crippen molar-refractivity contribution in [3.8, 4) is 0 Å². The molecule has 48 valence electrons. The lowest BCUT2D eigenvalue weighted by Crippen LogP contribution is -2.12. The smallest absolute Gasteiger partial charge is 0.100 e. The van der Waals surface area contributed by atoms with E-state index in [-0.39, 0.29) is 0 Å². The van der Waals surface area contributed by atoms with Gasteiger partial charge in [-0.05, 0) is 24.6 Å². The lowest BCUT2D eigenvalue weighted by atomic mass is 10.3. The van der Waals surface area contributed by atoms with Gasteiger partial charge < -0.3 is 11.1 Å². The molecule has 0 atom stereocenters. The minimum Gasteiger partial charge on any atom is -0.385 e. The SMILES string of the molecule is CC1=CC=CNC(N)=C1. The number of hydrogen-bond donors (Lipinski definition) is 2. The van der Waals surface area contributed by atoms with Gasteiger partial charge in [0.15, 0.2) is 0 Å². The first kappa shape index (κ1) is 5.95. The van der Waals surface area contributed by atoms with Gasteiger partial charge in [-0.2, -0.15) is 0 Å². The number of hydrogen-bond acceptors (Lipinski definition) is 2. The van der Waals surface area contributed by atoms with Crippen LogP contribution in [0.4, 0.5) is 0 Å². The predicted molar refractivity (Wildman–Crippen MR) is 38.3 cm³/mol. The maximum atomic E-state index is 5.48. The van der Waals surface area contributed by atoms with Crippen LogP contribution in [0.15, 0.2) is 35.8 Å². The summed E-state index contributed by atoms with van der Waals surface area (Å²) in [7, 11) is 0. The Bertz CT molecular complexity index is 187. The average molecular weight is 122 g/mol. The average Bonchev–Trinajstić information content (AvgIpc) is 1.93. The van der Waals surface area contributed by atoms with E-state index in [0.717, 1.165) is 5.57 Å². The van der Waals surface area contributed by atoms with Crippen LogP contribution in [-0.2, 0) is 0 Å². The van der Waals surface area contributed by atoms with Crippen molar-refractivity contribution in [3.63, 3.8) is 0 Å². The molecule has 2 heteroatoms. The van der Waals surface area contributed by atoms with E-state index in [1.165, 1.54) is 0 Å². The Balaban J connectivity index is 2.82.